The molecule has 0 aromatic heterocycles. The van der Waals surface area contributed by atoms with Crippen LogP contribution in [0.15, 0.2) is 18.2 Å². The van der Waals surface area contributed by atoms with Crippen LogP contribution in [0.5, 0.6) is 0 Å². The second kappa shape index (κ2) is 7.78. The van der Waals surface area contributed by atoms with Gasteiger partial charge in [-0.05, 0) is 38.8 Å². The van der Waals surface area contributed by atoms with Crippen molar-refractivity contribution < 1.29 is 4.79 Å². The Morgan fingerprint density at radius 3 is 2.29 bits per heavy atom. The highest BCUT2D eigenvalue weighted by Gasteiger charge is 2.22. The van der Waals surface area contributed by atoms with E-state index in [9.17, 15) is 4.79 Å². The van der Waals surface area contributed by atoms with Gasteiger partial charge in [-0.1, -0.05) is 18.2 Å². The van der Waals surface area contributed by atoms with E-state index in [0.717, 1.165) is 29.9 Å². The van der Waals surface area contributed by atoms with Crippen LogP contribution in [-0.2, 0) is 4.79 Å². The van der Waals surface area contributed by atoms with Crippen LogP contribution < -0.4 is 10.6 Å². The van der Waals surface area contributed by atoms with E-state index < -0.39 is 0 Å². The van der Waals surface area contributed by atoms with E-state index in [1.807, 2.05) is 32.0 Å². The van der Waals surface area contributed by atoms with Crippen LogP contribution in [-0.4, -0.2) is 42.5 Å². The second-order valence-electron chi connectivity index (χ2n) is 5.98. The first-order valence-corrected chi connectivity index (χ1v) is 7.30. The van der Waals surface area contributed by atoms with Crippen LogP contribution in [0.4, 0.5) is 5.69 Å². The zero-order chi connectivity index (χ0) is 14.7. The Labute approximate surface area is 133 Å². The van der Waals surface area contributed by atoms with E-state index in [1.54, 1.807) is 0 Å². The summed E-state index contributed by atoms with van der Waals surface area (Å²) in [6.07, 6.45) is 0. The van der Waals surface area contributed by atoms with Gasteiger partial charge >= 0.3 is 0 Å². The van der Waals surface area contributed by atoms with Crippen molar-refractivity contribution in [2.45, 2.75) is 39.8 Å². The number of carbonyl (C=O) groups excluding carboxylic acids is 1. The average molecular weight is 312 g/mol. The molecular formula is C16H26ClN3O. The lowest BCUT2D eigenvalue weighted by atomic mass is 10.1. The molecule has 2 rings (SSSR count). The summed E-state index contributed by atoms with van der Waals surface area (Å²) in [4.78, 5) is 14.4. The Balaban J connectivity index is 0.00000220. The number of benzene rings is 1. The summed E-state index contributed by atoms with van der Waals surface area (Å²) in [6.45, 7) is 10.7. The summed E-state index contributed by atoms with van der Waals surface area (Å²) in [6, 6.07) is 6.94. The number of rotatable bonds is 3. The first kappa shape index (κ1) is 18.0. The lowest BCUT2D eigenvalue weighted by Gasteiger charge is -2.35. The first-order valence-electron chi connectivity index (χ1n) is 7.30. The first-order chi connectivity index (χ1) is 9.45. The minimum absolute atomic E-state index is 0. The molecule has 0 saturated carbocycles. The van der Waals surface area contributed by atoms with Gasteiger partial charge in [0.05, 0.1) is 6.54 Å². The maximum absolute atomic E-state index is 12.2. The van der Waals surface area contributed by atoms with Gasteiger partial charge in [0, 0.05) is 30.9 Å². The highest BCUT2D eigenvalue weighted by atomic mass is 35.5. The van der Waals surface area contributed by atoms with Crippen LogP contribution in [0, 0.1) is 13.8 Å². The Morgan fingerprint density at radius 1 is 1.24 bits per heavy atom. The fourth-order valence-electron chi connectivity index (χ4n) is 2.96. The van der Waals surface area contributed by atoms with Crippen molar-refractivity contribution >= 4 is 24.0 Å². The summed E-state index contributed by atoms with van der Waals surface area (Å²) in [5.74, 6) is 0.0729. The molecule has 0 radical (unpaired) electrons. The van der Waals surface area contributed by atoms with Gasteiger partial charge in [0.25, 0.3) is 0 Å². The fraction of sp³-hybridized carbons (Fsp3) is 0.562. The summed E-state index contributed by atoms with van der Waals surface area (Å²) in [5.41, 5.74) is 3.18. The van der Waals surface area contributed by atoms with E-state index >= 15 is 0 Å². The van der Waals surface area contributed by atoms with Crippen molar-refractivity contribution in [2.24, 2.45) is 0 Å². The fourth-order valence-corrected chi connectivity index (χ4v) is 2.96. The molecule has 0 spiro atoms. The van der Waals surface area contributed by atoms with Crippen molar-refractivity contribution in [3.05, 3.63) is 29.3 Å². The Morgan fingerprint density at radius 2 is 1.76 bits per heavy atom. The van der Waals surface area contributed by atoms with Crippen molar-refractivity contribution in [1.82, 2.24) is 10.2 Å². The number of nitrogens with zero attached hydrogens (tertiary/aromatic N) is 1. The van der Waals surface area contributed by atoms with Gasteiger partial charge in [0.15, 0.2) is 0 Å². The Kier molecular flexibility index (Phi) is 6.65. The minimum Gasteiger partial charge on any atom is -0.324 e. The van der Waals surface area contributed by atoms with Gasteiger partial charge in [0.2, 0.25) is 5.91 Å². The van der Waals surface area contributed by atoms with Gasteiger partial charge in [-0.25, -0.2) is 0 Å². The molecule has 1 fully saturated rings. The Bertz CT molecular complexity index is 462. The molecule has 1 aliphatic heterocycles. The van der Waals surface area contributed by atoms with E-state index in [1.165, 1.54) is 0 Å². The molecule has 2 N–H and O–H groups in total. The predicted octanol–water partition coefficient (Wildman–Crippen LogP) is 2.35. The number of nitrogens with one attached hydrogen (secondary N) is 2. The molecule has 0 bridgehead atoms. The molecule has 1 aromatic carbocycles. The van der Waals surface area contributed by atoms with Crippen molar-refractivity contribution in [1.29, 1.82) is 0 Å². The highest BCUT2D eigenvalue weighted by Crippen LogP contribution is 2.19. The molecule has 2 atom stereocenters. The summed E-state index contributed by atoms with van der Waals surface area (Å²) in [7, 11) is 0. The second-order valence-corrected chi connectivity index (χ2v) is 5.98. The molecule has 1 aromatic rings. The van der Waals surface area contributed by atoms with Gasteiger partial charge in [-0.3, -0.25) is 9.69 Å². The SMILES string of the molecule is Cc1cccc(C)c1NC(=O)CN1CC(C)NC(C)C1.Cl. The van der Waals surface area contributed by atoms with Crippen molar-refractivity contribution in [3.63, 3.8) is 0 Å². The molecule has 5 heteroatoms. The van der Waals surface area contributed by atoms with Crippen LogP contribution in [0.2, 0.25) is 0 Å². The topological polar surface area (TPSA) is 44.4 Å². The van der Waals surface area contributed by atoms with E-state index in [0.29, 0.717) is 18.6 Å². The molecule has 21 heavy (non-hydrogen) atoms. The molecule has 1 saturated heterocycles. The van der Waals surface area contributed by atoms with Crippen LogP contribution in [0.25, 0.3) is 0 Å². The smallest absolute Gasteiger partial charge is 0.238 e. The summed E-state index contributed by atoms with van der Waals surface area (Å²) >= 11 is 0. The molecule has 2 unspecified atom stereocenters. The maximum Gasteiger partial charge on any atom is 0.238 e. The average Bonchev–Trinajstić information content (AvgIpc) is 2.32. The molecule has 0 aliphatic carbocycles. The number of aryl methyl sites for hydroxylation is 2. The van der Waals surface area contributed by atoms with Gasteiger partial charge in [-0.15, -0.1) is 12.4 Å². The zero-order valence-corrected chi connectivity index (χ0v) is 14.1. The third-order valence-corrected chi connectivity index (χ3v) is 3.75. The Hall–Kier alpha value is -1.10. The summed E-state index contributed by atoms with van der Waals surface area (Å²) in [5, 5.41) is 6.53. The van der Waals surface area contributed by atoms with Crippen LogP contribution in [0.1, 0.15) is 25.0 Å². The quantitative estimate of drug-likeness (QED) is 0.900. The van der Waals surface area contributed by atoms with E-state index in [2.05, 4.69) is 29.4 Å². The molecule has 118 valence electrons. The number of amides is 1. The molecule has 1 aliphatic rings. The van der Waals surface area contributed by atoms with Crippen LogP contribution >= 0.6 is 12.4 Å². The van der Waals surface area contributed by atoms with Gasteiger partial charge < -0.3 is 10.6 Å². The van der Waals surface area contributed by atoms with Gasteiger partial charge in [-0.2, -0.15) is 0 Å². The molecular weight excluding hydrogens is 286 g/mol. The maximum atomic E-state index is 12.2. The number of anilines is 1. The van der Waals surface area contributed by atoms with Crippen molar-refractivity contribution in [3.8, 4) is 0 Å². The molecule has 1 heterocycles. The lowest BCUT2D eigenvalue weighted by Crippen LogP contribution is -2.55. The lowest BCUT2D eigenvalue weighted by molar-refractivity contribution is -0.117. The largest absolute Gasteiger partial charge is 0.324 e. The third-order valence-electron chi connectivity index (χ3n) is 3.75. The number of hydrogen-bond acceptors (Lipinski definition) is 3. The highest BCUT2D eigenvalue weighted by molar-refractivity contribution is 5.93. The zero-order valence-electron chi connectivity index (χ0n) is 13.3. The van der Waals surface area contributed by atoms with E-state index in [-0.39, 0.29) is 18.3 Å². The van der Waals surface area contributed by atoms with Crippen molar-refractivity contribution in [2.75, 3.05) is 25.0 Å². The van der Waals surface area contributed by atoms with E-state index in [4.69, 9.17) is 0 Å². The number of piperazine rings is 1. The molecule has 4 nitrogen and oxygen atoms in total. The predicted molar refractivity (Wildman–Crippen MR) is 90.3 cm³/mol. The van der Waals surface area contributed by atoms with Crippen LogP contribution in [0.3, 0.4) is 0 Å². The monoisotopic (exact) mass is 311 g/mol. The minimum atomic E-state index is 0. The normalized spacial score (nSPS) is 22.5. The summed E-state index contributed by atoms with van der Waals surface area (Å²) < 4.78 is 0. The number of hydrogen-bond donors (Lipinski definition) is 2. The standard InChI is InChI=1S/C16H25N3O.ClH/c1-11-6-5-7-12(2)16(11)18-15(20)10-19-8-13(3)17-14(4)9-19;/h5-7,13-14,17H,8-10H2,1-4H3,(H,18,20);1H. The van der Waals surface area contributed by atoms with Gasteiger partial charge in [0.1, 0.15) is 0 Å². The molecule has 1 amide bonds. The number of halogens is 1. The number of para-hydroxylation sites is 1. The number of carbonyl (C=O) groups is 1. The third kappa shape index (κ3) is 4.99.